The van der Waals surface area contributed by atoms with Gasteiger partial charge in [-0.1, -0.05) is 6.07 Å². The van der Waals surface area contributed by atoms with Crippen molar-refractivity contribution in [1.29, 1.82) is 0 Å². The number of fused-ring (bicyclic) bond motifs is 1. The van der Waals surface area contributed by atoms with Gasteiger partial charge in [0.15, 0.2) is 0 Å². The van der Waals surface area contributed by atoms with E-state index in [1.807, 2.05) is 18.2 Å². The molecule has 0 spiro atoms. The minimum absolute atomic E-state index is 0.0157. The summed E-state index contributed by atoms with van der Waals surface area (Å²) in [5, 5.41) is 27.5. The van der Waals surface area contributed by atoms with Crippen LogP contribution in [0.4, 0.5) is 5.69 Å². The zero-order valence-electron chi connectivity index (χ0n) is 12.4. The normalized spacial score (nSPS) is 13.6. The quantitative estimate of drug-likeness (QED) is 0.585. The number of carboxylic acid groups (broad SMARTS) is 2. The van der Waals surface area contributed by atoms with E-state index in [0.717, 1.165) is 11.3 Å². The molecule has 0 saturated carbocycles. The van der Waals surface area contributed by atoms with Crippen molar-refractivity contribution in [2.75, 3.05) is 11.9 Å². The zero-order chi connectivity index (χ0) is 17.4. The van der Waals surface area contributed by atoms with Gasteiger partial charge in [-0.25, -0.2) is 9.59 Å². The number of anilines is 1. The molecule has 1 atom stereocenters. The fourth-order valence-corrected chi connectivity index (χ4v) is 1.71. The molecule has 1 aromatic rings. The first-order valence-corrected chi connectivity index (χ1v) is 6.66. The number of carbonyl (C=O) groups is 3. The summed E-state index contributed by atoms with van der Waals surface area (Å²) in [7, 11) is 0. The van der Waals surface area contributed by atoms with Crippen LogP contribution in [0.3, 0.4) is 0 Å². The van der Waals surface area contributed by atoms with Gasteiger partial charge in [-0.3, -0.25) is 4.79 Å². The van der Waals surface area contributed by atoms with Crippen molar-refractivity contribution in [1.82, 2.24) is 0 Å². The Hall–Kier alpha value is -2.87. The number of hydrogen-bond donors (Lipinski definition) is 4. The monoisotopic (exact) mass is 323 g/mol. The molecular weight excluding hydrogens is 306 g/mol. The molecule has 4 N–H and O–H groups in total. The maximum Gasteiger partial charge on any atom is 0.328 e. The Bertz CT molecular complexity index is 606. The SMILES string of the molecule is CC(O)COc1cccc2c1CC(=O)N2.O=C(O)C=CC(=O)O. The number of carboxylic acids is 2. The lowest BCUT2D eigenvalue weighted by Crippen LogP contribution is -2.13. The standard InChI is InChI=1S/C11H13NO3.C4H4O4/c1-7(13)6-15-10-4-2-3-9-8(10)5-11(14)12-9;5-3(6)1-2-4(7)8/h2-4,7,13H,5-6H2,1H3,(H,12,14);1-2H,(H,5,6)(H,7,8). The smallest absolute Gasteiger partial charge is 0.328 e. The van der Waals surface area contributed by atoms with Crippen molar-refractivity contribution in [3.8, 4) is 5.75 Å². The van der Waals surface area contributed by atoms with E-state index in [1.54, 1.807) is 6.92 Å². The van der Waals surface area contributed by atoms with Crippen LogP contribution in [0.2, 0.25) is 0 Å². The van der Waals surface area contributed by atoms with Crippen LogP contribution in [0.1, 0.15) is 12.5 Å². The van der Waals surface area contributed by atoms with Gasteiger partial charge in [-0.15, -0.1) is 0 Å². The van der Waals surface area contributed by atoms with Crippen molar-refractivity contribution in [3.05, 3.63) is 35.9 Å². The van der Waals surface area contributed by atoms with Crippen LogP contribution < -0.4 is 10.1 Å². The van der Waals surface area contributed by atoms with E-state index in [9.17, 15) is 14.4 Å². The number of aliphatic hydroxyl groups is 1. The van der Waals surface area contributed by atoms with Gasteiger partial charge in [-0.2, -0.15) is 0 Å². The highest BCUT2D eigenvalue weighted by molar-refractivity contribution is 6.00. The van der Waals surface area contributed by atoms with E-state index in [1.165, 1.54) is 0 Å². The van der Waals surface area contributed by atoms with Gasteiger partial charge in [0.25, 0.3) is 0 Å². The molecule has 124 valence electrons. The molecule has 1 aliphatic heterocycles. The molecule has 1 unspecified atom stereocenters. The second-order valence-electron chi connectivity index (χ2n) is 4.68. The summed E-state index contributed by atoms with van der Waals surface area (Å²) in [5.74, 6) is -1.86. The first-order chi connectivity index (χ1) is 10.8. The Morgan fingerprint density at radius 1 is 1.30 bits per heavy atom. The van der Waals surface area contributed by atoms with Crippen molar-refractivity contribution in [3.63, 3.8) is 0 Å². The Morgan fingerprint density at radius 2 is 1.91 bits per heavy atom. The van der Waals surface area contributed by atoms with Crippen molar-refractivity contribution in [2.24, 2.45) is 0 Å². The predicted octanol–water partition coefficient (Wildman–Crippen LogP) is 0.653. The second-order valence-corrected chi connectivity index (χ2v) is 4.68. The highest BCUT2D eigenvalue weighted by atomic mass is 16.5. The molecule has 1 aromatic carbocycles. The molecule has 0 fully saturated rings. The van der Waals surface area contributed by atoms with Crippen LogP contribution in [0.15, 0.2) is 30.4 Å². The topological polar surface area (TPSA) is 133 Å². The summed E-state index contributed by atoms with van der Waals surface area (Å²) in [5.41, 5.74) is 1.69. The number of nitrogens with one attached hydrogen (secondary N) is 1. The van der Waals surface area contributed by atoms with Crippen molar-refractivity contribution >= 4 is 23.5 Å². The Morgan fingerprint density at radius 3 is 2.43 bits per heavy atom. The summed E-state index contributed by atoms with van der Waals surface area (Å²) < 4.78 is 5.42. The van der Waals surface area contributed by atoms with Crippen LogP contribution in [0.5, 0.6) is 5.75 Å². The Balaban J connectivity index is 0.000000284. The lowest BCUT2D eigenvalue weighted by atomic mass is 10.1. The number of benzene rings is 1. The molecular formula is C15H17NO7. The molecule has 0 bridgehead atoms. The molecule has 0 aromatic heterocycles. The molecule has 1 heterocycles. The first-order valence-electron chi connectivity index (χ1n) is 6.66. The van der Waals surface area contributed by atoms with Crippen molar-refractivity contribution < 1.29 is 34.4 Å². The van der Waals surface area contributed by atoms with Gasteiger partial charge < -0.3 is 25.4 Å². The molecule has 1 amide bonds. The lowest BCUT2D eigenvalue weighted by Gasteiger charge is -2.10. The van der Waals surface area contributed by atoms with Gasteiger partial charge in [0, 0.05) is 23.4 Å². The first kappa shape index (κ1) is 18.2. The summed E-state index contributed by atoms with van der Waals surface area (Å²) in [6.45, 7) is 1.90. The third-order valence-corrected chi connectivity index (χ3v) is 2.59. The van der Waals surface area contributed by atoms with Crippen LogP contribution in [0.25, 0.3) is 0 Å². The molecule has 2 rings (SSSR count). The highest BCUT2D eigenvalue weighted by Gasteiger charge is 2.21. The minimum Gasteiger partial charge on any atom is -0.491 e. The number of rotatable bonds is 5. The van der Waals surface area contributed by atoms with E-state index < -0.39 is 18.0 Å². The fourth-order valence-electron chi connectivity index (χ4n) is 1.71. The van der Waals surface area contributed by atoms with Crippen LogP contribution >= 0.6 is 0 Å². The lowest BCUT2D eigenvalue weighted by molar-refractivity contribution is -0.134. The average molecular weight is 323 g/mol. The number of amides is 1. The molecule has 0 saturated heterocycles. The van der Waals surface area contributed by atoms with Gasteiger partial charge >= 0.3 is 11.9 Å². The van der Waals surface area contributed by atoms with E-state index >= 15 is 0 Å². The maximum absolute atomic E-state index is 11.2. The van der Waals surface area contributed by atoms with Gasteiger partial charge in [-0.05, 0) is 19.1 Å². The van der Waals surface area contributed by atoms with Gasteiger partial charge in [0.05, 0.1) is 12.5 Å². The fraction of sp³-hybridized carbons (Fsp3) is 0.267. The zero-order valence-corrected chi connectivity index (χ0v) is 12.4. The molecule has 8 nitrogen and oxygen atoms in total. The molecule has 0 aliphatic carbocycles. The number of aliphatic carboxylic acids is 2. The predicted molar refractivity (Wildman–Crippen MR) is 80.4 cm³/mol. The van der Waals surface area contributed by atoms with E-state index in [0.29, 0.717) is 24.3 Å². The number of hydrogen-bond acceptors (Lipinski definition) is 5. The third-order valence-electron chi connectivity index (χ3n) is 2.59. The van der Waals surface area contributed by atoms with Gasteiger partial charge in [0.1, 0.15) is 12.4 Å². The van der Waals surface area contributed by atoms with Crippen LogP contribution in [-0.2, 0) is 20.8 Å². The summed E-state index contributed by atoms with van der Waals surface area (Å²) in [6, 6.07) is 5.47. The number of carbonyl (C=O) groups excluding carboxylic acids is 1. The average Bonchev–Trinajstić information content (AvgIpc) is 2.84. The second kappa shape index (κ2) is 8.54. The minimum atomic E-state index is -1.26. The summed E-state index contributed by atoms with van der Waals surface area (Å²) in [4.78, 5) is 30.3. The van der Waals surface area contributed by atoms with Crippen LogP contribution in [-0.4, -0.2) is 45.9 Å². The highest BCUT2D eigenvalue weighted by Crippen LogP contribution is 2.31. The molecule has 1 aliphatic rings. The Kier molecular flexibility index (Phi) is 6.75. The van der Waals surface area contributed by atoms with E-state index in [2.05, 4.69) is 5.32 Å². The largest absolute Gasteiger partial charge is 0.491 e. The summed E-state index contributed by atoms with van der Waals surface area (Å²) >= 11 is 0. The van der Waals surface area contributed by atoms with E-state index in [4.69, 9.17) is 20.1 Å². The summed E-state index contributed by atoms with van der Waals surface area (Å²) in [6.07, 6.45) is 0.960. The van der Waals surface area contributed by atoms with Gasteiger partial charge in [0.2, 0.25) is 5.91 Å². The maximum atomic E-state index is 11.2. The van der Waals surface area contributed by atoms with E-state index in [-0.39, 0.29) is 12.5 Å². The Labute approximate surface area is 132 Å². The molecule has 23 heavy (non-hydrogen) atoms. The van der Waals surface area contributed by atoms with Crippen LogP contribution in [0, 0.1) is 0 Å². The molecule has 0 radical (unpaired) electrons. The number of ether oxygens (including phenoxy) is 1. The molecule has 8 heteroatoms. The number of aliphatic hydroxyl groups excluding tert-OH is 1. The third kappa shape index (κ3) is 6.62. The van der Waals surface area contributed by atoms with Crippen molar-refractivity contribution in [2.45, 2.75) is 19.4 Å².